The fourth-order valence-electron chi connectivity index (χ4n) is 1.61. The average molecular weight is 271 g/mol. The number of rotatable bonds is 8. The summed E-state index contributed by atoms with van der Waals surface area (Å²) in [6.45, 7) is 1.60. The molecule has 0 fully saturated rings. The van der Waals surface area contributed by atoms with Crippen molar-refractivity contribution in [2.24, 2.45) is 0 Å². The Bertz CT molecular complexity index is 440. The van der Waals surface area contributed by atoms with E-state index in [0.717, 1.165) is 25.3 Å². The van der Waals surface area contributed by atoms with Crippen LogP contribution >= 0.6 is 0 Å². The van der Waals surface area contributed by atoms with E-state index in [1.54, 1.807) is 7.11 Å². The van der Waals surface area contributed by atoms with Gasteiger partial charge < -0.3 is 10.1 Å². The summed E-state index contributed by atoms with van der Waals surface area (Å²) >= 11 is 0. The molecule has 0 saturated heterocycles. The van der Waals surface area contributed by atoms with E-state index in [1.807, 2.05) is 24.3 Å². The normalized spacial score (nSPS) is 11.4. The number of ether oxygens (including phenoxy) is 1. The van der Waals surface area contributed by atoms with Crippen molar-refractivity contribution in [1.82, 2.24) is 5.32 Å². The second kappa shape index (κ2) is 7.38. The van der Waals surface area contributed by atoms with Gasteiger partial charge in [0.25, 0.3) is 0 Å². The van der Waals surface area contributed by atoms with Crippen LogP contribution < -0.4 is 10.1 Å². The third-order valence-corrected chi connectivity index (χ3v) is 3.65. The zero-order valence-corrected chi connectivity index (χ0v) is 11.8. The van der Waals surface area contributed by atoms with E-state index >= 15 is 0 Å². The predicted molar refractivity (Wildman–Crippen MR) is 73.9 cm³/mol. The highest BCUT2D eigenvalue weighted by atomic mass is 32.2. The first kappa shape index (κ1) is 15.0. The Kier molecular flexibility index (Phi) is 6.15. The molecule has 1 aromatic rings. The number of nitrogens with one attached hydrogen (secondary N) is 1. The monoisotopic (exact) mass is 271 g/mol. The van der Waals surface area contributed by atoms with Crippen molar-refractivity contribution >= 4 is 9.84 Å². The summed E-state index contributed by atoms with van der Waals surface area (Å²) in [6.07, 6.45) is 2.87. The van der Waals surface area contributed by atoms with Gasteiger partial charge in [-0.15, -0.1) is 0 Å². The molecule has 5 heteroatoms. The van der Waals surface area contributed by atoms with Gasteiger partial charge in [0.2, 0.25) is 0 Å². The third-order valence-electron chi connectivity index (χ3n) is 2.62. The summed E-state index contributed by atoms with van der Waals surface area (Å²) in [4.78, 5) is 0. The Balaban J connectivity index is 2.14. The molecule has 1 aromatic carbocycles. The van der Waals surface area contributed by atoms with Crippen molar-refractivity contribution in [3.05, 3.63) is 29.8 Å². The standard InChI is InChI=1S/C13H21NO3S/c1-17-13-6-4-12(5-7-13)8-10-14-9-3-11-18(2,15)16/h4-7,14H,3,8-11H2,1-2H3. The minimum Gasteiger partial charge on any atom is -0.497 e. The number of hydrogen-bond donors (Lipinski definition) is 1. The van der Waals surface area contributed by atoms with Gasteiger partial charge >= 0.3 is 0 Å². The molecule has 0 unspecified atom stereocenters. The lowest BCUT2D eigenvalue weighted by molar-refractivity contribution is 0.414. The van der Waals surface area contributed by atoms with Gasteiger partial charge in [-0.05, 0) is 43.6 Å². The smallest absolute Gasteiger partial charge is 0.147 e. The van der Waals surface area contributed by atoms with Crippen molar-refractivity contribution in [3.8, 4) is 5.75 Å². The summed E-state index contributed by atoms with van der Waals surface area (Å²) < 4.78 is 26.9. The first-order valence-corrected chi connectivity index (χ1v) is 8.09. The summed E-state index contributed by atoms with van der Waals surface area (Å²) in [5.74, 6) is 1.11. The molecule has 0 saturated carbocycles. The largest absolute Gasteiger partial charge is 0.497 e. The highest BCUT2D eigenvalue weighted by molar-refractivity contribution is 7.90. The Hall–Kier alpha value is -1.07. The minimum atomic E-state index is -2.83. The second-order valence-electron chi connectivity index (χ2n) is 4.33. The van der Waals surface area contributed by atoms with Crippen LogP contribution in [0, 0.1) is 0 Å². The zero-order valence-electron chi connectivity index (χ0n) is 11.0. The van der Waals surface area contributed by atoms with E-state index in [1.165, 1.54) is 11.8 Å². The molecule has 1 N–H and O–H groups in total. The minimum absolute atomic E-state index is 0.253. The molecule has 0 aliphatic rings. The summed E-state index contributed by atoms with van der Waals surface area (Å²) in [7, 11) is -1.17. The molecule has 102 valence electrons. The van der Waals surface area contributed by atoms with E-state index in [4.69, 9.17) is 4.74 Å². The maximum Gasteiger partial charge on any atom is 0.147 e. The molecule has 0 atom stereocenters. The van der Waals surface area contributed by atoms with Crippen LogP contribution in [0.1, 0.15) is 12.0 Å². The molecular weight excluding hydrogens is 250 g/mol. The Morgan fingerprint density at radius 1 is 1.17 bits per heavy atom. The molecule has 1 rings (SSSR count). The first-order chi connectivity index (χ1) is 8.51. The third kappa shape index (κ3) is 6.61. The van der Waals surface area contributed by atoms with Crippen LogP contribution in [0.5, 0.6) is 5.75 Å². The highest BCUT2D eigenvalue weighted by Gasteiger charge is 2.00. The molecule has 0 bridgehead atoms. The van der Waals surface area contributed by atoms with Crippen LogP contribution in [-0.4, -0.2) is 40.6 Å². The molecule has 0 spiro atoms. The van der Waals surface area contributed by atoms with Gasteiger partial charge in [0.15, 0.2) is 0 Å². The molecule has 0 heterocycles. The molecule has 0 aliphatic heterocycles. The van der Waals surface area contributed by atoms with Crippen molar-refractivity contribution in [3.63, 3.8) is 0 Å². The van der Waals surface area contributed by atoms with Gasteiger partial charge in [-0.25, -0.2) is 8.42 Å². The lowest BCUT2D eigenvalue weighted by atomic mass is 10.1. The highest BCUT2D eigenvalue weighted by Crippen LogP contribution is 2.11. The molecule has 0 radical (unpaired) electrons. The second-order valence-corrected chi connectivity index (χ2v) is 6.59. The van der Waals surface area contributed by atoms with Crippen LogP contribution in [0.15, 0.2) is 24.3 Å². The van der Waals surface area contributed by atoms with Crippen molar-refractivity contribution < 1.29 is 13.2 Å². The van der Waals surface area contributed by atoms with Crippen LogP contribution in [0.2, 0.25) is 0 Å². The van der Waals surface area contributed by atoms with Crippen molar-refractivity contribution in [2.75, 3.05) is 32.2 Å². The summed E-state index contributed by atoms with van der Waals surface area (Å²) in [5, 5.41) is 3.24. The summed E-state index contributed by atoms with van der Waals surface area (Å²) in [6, 6.07) is 7.96. The maximum atomic E-state index is 10.9. The predicted octanol–water partition coefficient (Wildman–Crippen LogP) is 1.26. The molecule has 0 amide bonds. The summed E-state index contributed by atoms with van der Waals surface area (Å²) in [5.41, 5.74) is 1.24. The van der Waals surface area contributed by atoms with Gasteiger partial charge in [0.05, 0.1) is 12.9 Å². The topological polar surface area (TPSA) is 55.4 Å². The number of benzene rings is 1. The van der Waals surface area contributed by atoms with E-state index in [2.05, 4.69) is 5.32 Å². The fourth-order valence-corrected chi connectivity index (χ4v) is 2.28. The average Bonchev–Trinajstić information content (AvgIpc) is 2.33. The maximum absolute atomic E-state index is 10.9. The van der Waals surface area contributed by atoms with Crippen LogP contribution in [-0.2, 0) is 16.3 Å². The number of methoxy groups -OCH3 is 1. The van der Waals surface area contributed by atoms with Gasteiger partial charge in [0.1, 0.15) is 15.6 Å². The fraction of sp³-hybridized carbons (Fsp3) is 0.538. The molecule has 4 nitrogen and oxygen atoms in total. The Morgan fingerprint density at radius 3 is 2.39 bits per heavy atom. The molecule has 0 aromatic heterocycles. The Morgan fingerprint density at radius 2 is 1.83 bits per heavy atom. The van der Waals surface area contributed by atoms with Gasteiger partial charge in [-0.3, -0.25) is 0 Å². The lowest BCUT2D eigenvalue weighted by Crippen LogP contribution is -2.20. The quantitative estimate of drug-likeness (QED) is 0.723. The lowest BCUT2D eigenvalue weighted by Gasteiger charge is -2.05. The van der Waals surface area contributed by atoms with Gasteiger partial charge in [-0.2, -0.15) is 0 Å². The molecular formula is C13H21NO3S. The number of hydrogen-bond acceptors (Lipinski definition) is 4. The van der Waals surface area contributed by atoms with E-state index in [9.17, 15) is 8.42 Å². The first-order valence-electron chi connectivity index (χ1n) is 6.02. The molecule has 0 aliphatic carbocycles. The van der Waals surface area contributed by atoms with Crippen LogP contribution in [0.25, 0.3) is 0 Å². The van der Waals surface area contributed by atoms with E-state index < -0.39 is 9.84 Å². The van der Waals surface area contributed by atoms with E-state index in [0.29, 0.717) is 6.42 Å². The SMILES string of the molecule is COc1ccc(CCNCCCS(C)(=O)=O)cc1. The van der Waals surface area contributed by atoms with Crippen molar-refractivity contribution in [2.45, 2.75) is 12.8 Å². The molecule has 18 heavy (non-hydrogen) atoms. The van der Waals surface area contributed by atoms with Crippen LogP contribution in [0.3, 0.4) is 0 Å². The number of sulfone groups is 1. The zero-order chi connectivity index (χ0) is 13.4. The van der Waals surface area contributed by atoms with Crippen molar-refractivity contribution in [1.29, 1.82) is 0 Å². The van der Waals surface area contributed by atoms with Gasteiger partial charge in [0, 0.05) is 6.26 Å². The van der Waals surface area contributed by atoms with E-state index in [-0.39, 0.29) is 5.75 Å². The van der Waals surface area contributed by atoms with Gasteiger partial charge in [-0.1, -0.05) is 12.1 Å². The van der Waals surface area contributed by atoms with Crippen LogP contribution in [0.4, 0.5) is 0 Å². The Labute approximate surface area is 109 Å².